The SMILES string of the molecule is COC(=O)C1CCN(C2C=Cc3cc(C4CN(c5cccc(F)c5)C4)ccc32)CC1. The van der Waals surface area contributed by atoms with Crippen molar-refractivity contribution in [3.8, 4) is 0 Å². The summed E-state index contributed by atoms with van der Waals surface area (Å²) in [5.41, 5.74) is 4.98. The highest BCUT2D eigenvalue weighted by Crippen LogP contribution is 2.39. The Balaban J connectivity index is 1.22. The Labute approximate surface area is 176 Å². The van der Waals surface area contributed by atoms with Gasteiger partial charge in [-0.15, -0.1) is 0 Å². The Bertz CT molecular complexity index is 975. The molecule has 2 aromatic carbocycles. The maximum atomic E-state index is 13.5. The van der Waals surface area contributed by atoms with Crippen molar-refractivity contribution >= 4 is 17.7 Å². The molecule has 0 N–H and O–H groups in total. The molecule has 0 bridgehead atoms. The molecule has 0 radical (unpaired) electrons. The quantitative estimate of drug-likeness (QED) is 0.706. The van der Waals surface area contributed by atoms with Gasteiger partial charge in [-0.25, -0.2) is 4.39 Å². The maximum Gasteiger partial charge on any atom is 0.308 e. The summed E-state index contributed by atoms with van der Waals surface area (Å²) < 4.78 is 18.4. The van der Waals surface area contributed by atoms with E-state index in [-0.39, 0.29) is 17.7 Å². The van der Waals surface area contributed by atoms with E-state index in [1.807, 2.05) is 6.07 Å². The normalized spacial score (nSPS) is 22.1. The van der Waals surface area contributed by atoms with Crippen LogP contribution in [0.25, 0.3) is 6.08 Å². The van der Waals surface area contributed by atoms with Crippen LogP contribution in [0, 0.1) is 11.7 Å². The summed E-state index contributed by atoms with van der Waals surface area (Å²) in [6.45, 7) is 3.69. The number of halogens is 1. The van der Waals surface area contributed by atoms with E-state index in [1.54, 1.807) is 12.1 Å². The van der Waals surface area contributed by atoms with Crippen molar-refractivity contribution < 1.29 is 13.9 Å². The Kier molecular flexibility index (Phi) is 5.07. The zero-order valence-corrected chi connectivity index (χ0v) is 17.3. The first kappa shape index (κ1) is 19.3. The molecule has 1 aliphatic carbocycles. The van der Waals surface area contributed by atoms with Crippen LogP contribution in [0.3, 0.4) is 0 Å². The lowest BCUT2D eigenvalue weighted by Gasteiger charge is -2.41. The van der Waals surface area contributed by atoms with Gasteiger partial charge in [0.25, 0.3) is 0 Å². The number of piperidine rings is 1. The zero-order valence-electron chi connectivity index (χ0n) is 17.3. The number of esters is 1. The van der Waals surface area contributed by atoms with Crippen molar-refractivity contribution in [2.24, 2.45) is 5.92 Å². The van der Waals surface area contributed by atoms with Gasteiger partial charge in [0.2, 0.25) is 0 Å². The number of methoxy groups -OCH3 is 1. The molecule has 30 heavy (non-hydrogen) atoms. The van der Waals surface area contributed by atoms with Gasteiger partial charge in [-0.3, -0.25) is 9.69 Å². The van der Waals surface area contributed by atoms with Crippen LogP contribution in [0.2, 0.25) is 0 Å². The van der Waals surface area contributed by atoms with Crippen LogP contribution in [0.4, 0.5) is 10.1 Å². The molecular formula is C25H27FN2O2. The molecule has 1 atom stereocenters. The number of ether oxygens (including phenoxy) is 1. The van der Waals surface area contributed by atoms with Crippen LogP contribution in [-0.4, -0.2) is 44.2 Å². The van der Waals surface area contributed by atoms with Crippen molar-refractivity contribution in [2.45, 2.75) is 24.8 Å². The Morgan fingerprint density at radius 3 is 2.63 bits per heavy atom. The van der Waals surface area contributed by atoms with Gasteiger partial charge in [-0.1, -0.05) is 36.4 Å². The van der Waals surface area contributed by atoms with Crippen molar-refractivity contribution in [2.75, 3.05) is 38.2 Å². The third-order valence-corrected chi connectivity index (χ3v) is 6.87. The lowest BCUT2D eigenvalue weighted by atomic mass is 9.88. The van der Waals surface area contributed by atoms with Gasteiger partial charge in [-0.05, 0) is 60.8 Å². The summed E-state index contributed by atoms with van der Waals surface area (Å²) in [6.07, 6.45) is 6.25. The molecule has 156 valence electrons. The van der Waals surface area contributed by atoms with Gasteiger partial charge in [0, 0.05) is 24.7 Å². The summed E-state index contributed by atoms with van der Waals surface area (Å²) in [6, 6.07) is 14.0. The van der Waals surface area contributed by atoms with Crippen LogP contribution in [0.1, 0.15) is 41.5 Å². The van der Waals surface area contributed by atoms with Crippen LogP contribution in [-0.2, 0) is 9.53 Å². The smallest absolute Gasteiger partial charge is 0.308 e. The van der Waals surface area contributed by atoms with E-state index in [0.717, 1.165) is 44.7 Å². The number of anilines is 1. The fourth-order valence-corrected chi connectivity index (χ4v) is 5.03. The minimum atomic E-state index is -0.180. The van der Waals surface area contributed by atoms with Crippen LogP contribution >= 0.6 is 0 Å². The molecule has 2 fully saturated rings. The van der Waals surface area contributed by atoms with Gasteiger partial charge in [0.05, 0.1) is 19.1 Å². The number of hydrogen-bond acceptors (Lipinski definition) is 4. The average Bonchev–Trinajstić information content (AvgIpc) is 3.16. The molecule has 2 saturated heterocycles. The fourth-order valence-electron chi connectivity index (χ4n) is 5.03. The van der Waals surface area contributed by atoms with Crippen molar-refractivity contribution in [1.29, 1.82) is 0 Å². The minimum Gasteiger partial charge on any atom is -0.469 e. The number of benzene rings is 2. The van der Waals surface area contributed by atoms with E-state index in [4.69, 9.17) is 4.74 Å². The minimum absolute atomic E-state index is 0.0399. The molecule has 2 aromatic rings. The number of rotatable bonds is 4. The molecule has 1 unspecified atom stereocenters. The van der Waals surface area contributed by atoms with Gasteiger partial charge >= 0.3 is 5.97 Å². The number of likely N-dealkylation sites (tertiary alicyclic amines) is 1. The molecule has 3 aliphatic rings. The summed E-state index contributed by atoms with van der Waals surface area (Å²) in [7, 11) is 1.47. The molecule has 0 saturated carbocycles. The molecule has 0 spiro atoms. The summed E-state index contributed by atoms with van der Waals surface area (Å²) in [5.74, 6) is 0.273. The van der Waals surface area contributed by atoms with E-state index >= 15 is 0 Å². The number of nitrogens with zero attached hydrogens (tertiary/aromatic N) is 2. The number of carbonyl (C=O) groups excluding carboxylic acids is 1. The second-order valence-corrected chi connectivity index (χ2v) is 8.61. The monoisotopic (exact) mass is 406 g/mol. The summed E-state index contributed by atoms with van der Waals surface area (Å²) in [4.78, 5) is 16.5. The average molecular weight is 407 g/mol. The molecule has 0 amide bonds. The number of carbonyl (C=O) groups is 1. The Morgan fingerprint density at radius 1 is 1.10 bits per heavy atom. The highest BCUT2D eigenvalue weighted by atomic mass is 19.1. The van der Waals surface area contributed by atoms with Gasteiger partial charge in [0.1, 0.15) is 5.82 Å². The van der Waals surface area contributed by atoms with Gasteiger partial charge in [0.15, 0.2) is 0 Å². The first-order valence-corrected chi connectivity index (χ1v) is 10.8. The topological polar surface area (TPSA) is 32.8 Å². The van der Waals surface area contributed by atoms with E-state index < -0.39 is 0 Å². The van der Waals surface area contributed by atoms with Crippen LogP contribution in [0.5, 0.6) is 0 Å². The second kappa shape index (κ2) is 7.88. The van der Waals surface area contributed by atoms with E-state index in [9.17, 15) is 9.18 Å². The third-order valence-electron chi connectivity index (χ3n) is 6.87. The molecule has 2 aliphatic heterocycles. The maximum absolute atomic E-state index is 13.5. The van der Waals surface area contributed by atoms with Crippen molar-refractivity contribution in [3.05, 3.63) is 71.0 Å². The predicted molar refractivity (Wildman–Crippen MR) is 116 cm³/mol. The first-order valence-electron chi connectivity index (χ1n) is 10.8. The van der Waals surface area contributed by atoms with Crippen LogP contribution < -0.4 is 4.90 Å². The number of fused-ring (bicyclic) bond motifs is 1. The highest BCUT2D eigenvalue weighted by Gasteiger charge is 2.33. The zero-order chi connectivity index (χ0) is 20.7. The lowest BCUT2D eigenvalue weighted by Crippen LogP contribution is -2.45. The second-order valence-electron chi connectivity index (χ2n) is 8.61. The summed E-state index contributed by atoms with van der Waals surface area (Å²) in [5, 5.41) is 0. The highest BCUT2D eigenvalue weighted by molar-refractivity contribution is 5.72. The molecule has 5 rings (SSSR count). The van der Waals surface area contributed by atoms with Gasteiger partial charge < -0.3 is 9.64 Å². The van der Waals surface area contributed by atoms with E-state index in [1.165, 1.54) is 29.9 Å². The molecule has 2 heterocycles. The first-order chi connectivity index (χ1) is 14.6. The molecule has 5 heteroatoms. The third kappa shape index (κ3) is 3.52. The van der Waals surface area contributed by atoms with Gasteiger partial charge in [-0.2, -0.15) is 0 Å². The van der Waals surface area contributed by atoms with E-state index in [2.05, 4.69) is 40.2 Å². The largest absolute Gasteiger partial charge is 0.469 e. The fraction of sp³-hybridized carbons (Fsp3) is 0.400. The standard InChI is InChI=1S/C25H27FN2O2/c1-30-25(29)17-9-11-27(12-10-17)24-8-6-19-13-18(5-7-23(19)24)20-15-28(16-20)22-4-2-3-21(26)14-22/h2-8,13-14,17,20,24H,9-12,15-16H2,1H3. The van der Waals surface area contributed by atoms with Crippen LogP contribution in [0.15, 0.2) is 48.5 Å². The predicted octanol–water partition coefficient (Wildman–Crippen LogP) is 4.38. The molecule has 4 nitrogen and oxygen atoms in total. The lowest BCUT2D eigenvalue weighted by molar-refractivity contribution is -0.147. The Morgan fingerprint density at radius 2 is 1.90 bits per heavy atom. The number of hydrogen-bond donors (Lipinski definition) is 0. The summed E-state index contributed by atoms with van der Waals surface area (Å²) >= 11 is 0. The molecular weight excluding hydrogens is 379 g/mol. The Hall–Kier alpha value is -2.66. The van der Waals surface area contributed by atoms with Crippen molar-refractivity contribution in [3.63, 3.8) is 0 Å². The molecule has 0 aromatic heterocycles. The van der Waals surface area contributed by atoms with Crippen molar-refractivity contribution in [1.82, 2.24) is 4.90 Å². The van der Waals surface area contributed by atoms with E-state index in [0.29, 0.717) is 12.0 Å².